The van der Waals surface area contributed by atoms with E-state index in [1.54, 1.807) is 0 Å². The number of alkyl halides is 3. The van der Waals surface area contributed by atoms with Gasteiger partial charge in [-0.15, -0.1) is 13.2 Å². The molecule has 1 amide bonds. The van der Waals surface area contributed by atoms with Gasteiger partial charge in [0.25, 0.3) is 5.91 Å². The highest BCUT2D eigenvalue weighted by molar-refractivity contribution is 7.79. The van der Waals surface area contributed by atoms with Crippen LogP contribution in [0.15, 0.2) is 23.1 Å². The van der Waals surface area contributed by atoms with E-state index in [-0.39, 0.29) is 5.56 Å². The Labute approximate surface area is 109 Å². The minimum Gasteiger partial charge on any atom is -0.768 e. The van der Waals surface area contributed by atoms with Crippen molar-refractivity contribution in [1.29, 1.82) is 0 Å². The third-order valence-corrected chi connectivity index (χ3v) is 2.68. The molecule has 0 spiro atoms. The van der Waals surface area contributed by atoms with Crippen LogP contribution in [-0.4, -0.2) is 40.0 Å². The quantitative estimate of drug-likeness (QED) is 0.793. The molecule has 0 radical (unpaired) electrons. The van der Waals surface area contributed by atoms with Gasteiger partial charge in [0.15, 0.2) is 0 Å². The number of amides is 1. The van der Waals surface area contributed by atoms with Gasteiger partial charge in [-0.1, -0.05) is 0 Å². The van der Waals surface area contributed by atoms with Gasteiger partial charge in [0.1, 0.15) is 5.75 Å². The van der Waals surface area contributed by atoms with Gasteiger partial charge < -0.3 is 14.2 Å². The van der Waals surface area contributed by atoms with Gasteiger partial charge in [0.2, 0.25) is 0 Å². The van der Waals surface area contributed by atoms with Gasteiger partial charge in [-0.3, -0.25) is 9.00 Å². The number of hydrogen-bond acceptors (Lipinski definition) is 4. The minimum atomic E-state index is -5.01. The summed E-state index contributed by atoms with van der Waals surface area (Å²) in [6.07, 6.45) is -5.01. The van der Waals surface area contributed by atoms with Crippen molar-refractivity contribution >= 4 is 17.0 Å². The number of hydrogen-bond donors (Lipinski definition) is 0. The van der Waals surface area contributed by atoms with Crippen LogP contribution < -0.4 is 4.74 Å². The van der Waals surface area contributed by atoms with Crippen molar-refractivity contribution < 1.29 is 31.5 Å². The molecule has 0 bridgehead atoms. The van der Waals surface area contributed by atoms with Crippen LogP contribution in [0.1, 0.15) is 10.4 Å². The van der Waals surface area contributed by atoms with Gasteiger partial charge in [0.05, 0.1) is 4.90 Å². The maximum Gasteiger partial charge on any atom is 0.573 e. The fourth-order valence-corrected chi connectivity index (χ4v) is 1.74. The number of carbonyl (C=O) groups excluding carboxylic acids is 1. The summed E-state index contributed by atoms with van der Waals surface area (Å²) >= 11 is -2.96. The summed E-state index contributed by atoms with van der Waals surface area (Å²) in [6.45, 7) is 0. The fourth-order valence-electron chi connectivity index (χ4n) is 1.24. The van der Waals surface area contributed by atoms with Crippen LogP contribution in [0, 0.1) is 0 Å². The van der Waals surface area contributed by atoms with E-state index in [2.05, 4.69) is 4.74 Å². The molecule has 0 N–H and O–H groups in total. The molecule has 9 heteroatoms. The molecule has 0 saturated carbocycles. The van der Waals surface area contributed by atoms with Gasteiger partial charge in [-0.2, -0.15) is 0 Å². The first-order chi connectivity index (χ1) is 8.61. The van der Waals surface area contributed by atoms with E-state index in [4.69, 9.17) is 0 Å². The van der Waals surface area contributed by atoms with E-state index >= 15 is 0 Å². The molecule has 0 fully saturated rings. The zero-order valence-electron chi connectivity index (χ0n) is 9.85. The van der Waals surface area contributed by atoms with Crippen LogP contribution in [0.5, 0.6) is 5.75 Å². The summed E-state index contributed by atoms with van der Waals surface area (Å²) in [5.74, 6) is -1.42. The zero-order chi connectivity index (χ0) is 14.8. The lowest BCUT2D eigenvalue weighted by molar-refractivity contribution is -0.275. The Kier molecular flexibility index (Phi) is 4.53. The van der Waals surface area contributed by atoms with Gasteiger partial charge in [-0.05, 0) is 29.3 Å². The predicted octanol–water partition coefficient (Wildman–Crippen LogP) is 1.53. The van der Waals surface area contributed by atoms with E-state index in [0.717, 1.165) is 23.1 Å². The first-order valence-electron chi connectivity index (χ1n) is 4.82. The lowest BCUT2D eigenvalue weighted by Crippen LogP contribution is -2.22. The highest BCUT2D eigenvalue weighted by Crippen LogP contribution is 2.29. The lowest BCUT2D eigenvalue weighted by Gasteiger charge is -2.17. The summed E-state index contributed by atoms with van der Waals surface area (Å²) in [6, 6.07) is 2.67. The molecule has 1 aromatic carbocycles. The second-order valence-corrected chi connectivity index (χ2v) is 4.55. The van der Waals surface area contributed by atoms with Crippen LogP contribution >= 0.6 is 0 Å². The van der Waals surface area contributed by atoms with Crippen molar-refractivity contribution in [1.82, 2.24) is 4.90 Å². The van der Waals surface area contributed by atoms with E-state index in [0.29, 0.717) is 0 Å². The van der Waals surface area contributed by atoms with Gasteiger partial charge in [-0.25, -0.2) is 0 Å². The predicted molar refractivity (Wildman–Crippen MR) is 58.3 cm³/mol. The van der Waals surface area contributed by atoms with Crippen molar-refractivity contribution in [2.45, 2.75) is 11.3 Å². The van der Waals surface area contributed by atoms with E-state index in [1.807, 2.05) is 0 Å². The van der Waals surface area contributed by atoms with Crippen LogP contribution in [0.4, 0.5) is 13.2 Å². The molecule has 0 aliphatic heterocycles. The third-order valence-electron chi connectivity index (χ3n) is 2.00. The summed E-state index contributed by atoms with van der Waals surface area (Å²) in [5.41, 5.74) is -0.0567. The number of carbonyl (C=O) groups is 1. The second-order valence-electron chi connectivity index (χ2n) is 3.64. The Hall–Kier alpha value is -1.61. The van der Waals surface area contributed by atoms with Crippen LogP contribution in [0.2, 0.25) is 0 Å². The van der Waals surface area contributed by atoms with Crippen molar-refractivity contribution in [2.24, 2.45) is 0 Å². The highest BCUT2D eigenvalue weighted by Gasteiger charge is 2.32. The largest absolute Gasteiger partial charge is 0.768 e. The van der Waals surface area contributed by atoms with Crippen molar-refractivity contribution in [3.8, 4) is 5.75 Å². The smallest absolute Gasteiger partial charge is 0.573 e. The number of rotatable bonds is 3. The molecule has 106 valence electrons. The number of ether oxygens (including phenoxy) is 1. The normalized spacial score (nSPS) is 12.9. The molecule has 0 aliphatic carbocycles. The molecule has 0 saturated heterocycles. The topological polar surface area (TPSA) is 69.7 Å². The molecule has 0 heterocycles. The number of halogens is 3. The summed E-state index contributed by atoms with van der Waals surface area (Å²) in [5, 5.41) is 0. The second kappa shape index (κ2) is 5.57. The monoisotopic (exact) mass is 296 g/mol. The molecule has 1 aromatic rings. The maximum absolute atomic E-state index is 12.1. The zero-order valence-corrected chi connectivity index (χ0v) is 10.7. The highest BCUT2D eigenvalue weighted by atomic mass is 32.2. The Morgan fingerprint density at radius 2 is 1.95 bits per heavy atom. The van der Waals surface area contributed by atoms with Crippen molar-refractivity contribution in [3.63, 3.8) is 0 Å². The molecule has 1 rings (SSSR count). The van der Waals surface area contributed by atoms with E-state index < -0.39 is 34.0 Å². The van der Waals surface area contributed by atoms with Crippen LogP contribution in [-0.2, 0) is 11.1 Å². The van der Waals surface area contributed by atoms with Crippen LogP contribution in [0.3, 0.4) is 0 Å². The van der Waals surface area contributed by atoms with Crippen molar-refractivity contribution in [3.05, 3.63) is 23.8 Å². The standard InChI is InChI=1S/C10H10F3NO4S/c1-14(2)9(15)6-3-4-7(18-10(11,12)13)8(5-6)19(16)17/h3-5H,1-2H3,(H,16,17)/p-1. The Morgan fingerprint density at radius 3 is 2.37 bits per heavy atom. The molecule has 5 nitrogen and oxygen atoms in total. The molecular weight excluding hydrogens is 287 g/mol. The molecule has 1 atom stereocenters. The minimum absolute atomic E-state index is 0.0567. The first kappa shape index (κ1) is 15.4. The maximum atomic E-state index is 12.1. The Bertz CT molecular complexity index is 516. The molecule has 0 aromatic heterocycles. The number of benzene rings is 1. The molecule has 1 unspecified atom stereocenters. The molecule has 0 aliphatic rings. The third kappa shape index (κ3) is 4.21. The Morgan fingerprint density at radius 1 is 1.37 bits per heavy atom. The number of nitrogens with zero attached hydrogens (tertiary/aromatic N) is 1. The van der Waals surface area contributed by atoms with E-state index in [9.17, 15) is 26.7 Å². The summed E-state index contributed by atoms with van der Waals surface area (Å²) < 4.78 is 61.6. The summed E-state index contributed by atoms with van der Waals surface area (Å²) in [4.78, 5) is 12.0. The molecular formula is C10H9F3NO4S-. The first-order valence-corrected chi connectivity index (χ1v) is 5.90. The SMILES string of the molecule is CN(C)C(=O)c1ccc(OC(F)(F)F)c(S(=O)[O-])c1. The lowest BCUT2D eigenvalue weighted by atomic mass is 10.2. The summed E-state index contributed by atoms with van der Waals surface area (Å²) in [7, 11) is 2.85. The average molecular weight is 296 g/mol. The van der Waals surface area contributed by atoms with Crippen LogP contribution in [0.25, 0.3) is 0 Å². The van der Waals surface area contributed by atoms with Gasteiger partial charge >= 0.3 is 6.36 Å². The van der Waals surface area contributed by atoms with E-state index in [1.165, 1.54) is 14.1 Å². The van der Waals surface area contributed by atoms with Gasteiger partial charge in [0, 0.05) is 19.7 Å². The molecule has 19 heavy (non-hydrogen) atoms. The Balaban J connectivity index is 3.23. The average Bonchev–Trinajstić information content (AvgIpc) is 2.26. The van der Waals surface area contributed by atoms with Crippen molar-refractivity contribution in [2.75, 3.05) is 14.1 Å². The fraction of sp³-hybridized carbons (Fsp3) is 0.300.